The van der Waals surface area contributed by atoms with Crippen molar-refractivity contribution in [3.8, 4) is 10.7 Å². The quantitative estimate of drug-likeness (QED) is 0.796. The van der Waals surface area contributed by atoms with Crippen LogP contribution in [0.4, 0.5) is 0 Å². The number of carbonyl (C=O) groups is 1. The monoisotopic (exact) mass is 365 g/mol. The summed E-state index contributed by atoms with van der Waals surface area (Å²) in [7, 11) is 1.94. The first-order valence-electron chi connectivity index (χ1n) is 8.25. The van der Waals surface area contributed by atoms with Gasteiger partial charge in [-0.05, 0) is 30.8 Å². The molecular formula is C16H23N5OS2. The lowest BCUT2D eigenvalue weighted by Gasteiger charge is -2.31. The molecule has 0 aromatic carbocycles. The summed E-state index contributed by atoms with van der Waals surface area (Å²) in [5.74, 6) is 1.31. The largest absolute Gasteiger partial charge is 0.353 e. The van der Waals surface area contributed by atoms with E-state index in [1.165, 1.54) is 11.8 Å². The van der Waals surface area contributed by atoms with Gasteiger partial charge in [0.1, 0.15) is 0 Å². The van der Waals surface area contributed by atoms with E-state index in [1.807, 2.05) is 29.1 Å². The Hall–Kier alpha value is -1.38. The Bertz CT molecular complexity index is 662. The average molecular weight is 366 g/mol. The predicted octanol–water partition coefficient (Wildman–Crippen LogP) is 2.24. The lowest BCUT2D eigenvalue weighted by atomic mass is 10.1. The summed E-state index contributed by atoms with van der Waals surface area (Å²) < 4.78 is 1.95. The number of hydrogen-bond acceptors (Lipinski definition) is 6. The first-order valence-corrected chi connectivity index (χ1v) is 10.1. The normalized spacial score (nSPS) is 16.4. The van der Waals surface area contributed by atoms with Crippen LogP contribution in [0, 0.1) is 0 Å². The Labute approximate surface area is 150 Å². The van der Waals surface area contributed by atoms with Crippen molar-refractivity contribution < 1.29 is 4.79 Å². The van der Waals surface area contributed by atoms with E-state index >= 15 is 0 Å². The molecule has 8 heteroatoms. The van der Waals surface area contributed by atoms with Crippen LogP contribution in [0.15, 0.2) is 22.7 Å². The summed E-state index contributed by atoms with van der Waals surface area (Å²) in [5, 5.41) is 14.4. The fourth-order valence-electron chi connectivity index (χ4n) is 2.85. The minimum Gasteiger partial charge on any atom is -0.353 e. The van der Waals surface area contributed by atoms with Gasteiger partial charge in [0.15, 0.2) is 11.0 Å². The van der Waals surface area contributed by atoms with E-state index in [-0.39, 0.29) is 5.91 Å². The molecule has 0 saturated carbocycles. The summed E-state index contributed by atoms with van der Waals surface area (Å²) in [6.07, 6.45) is 2.08. The number of thioether (sulfide) groups is 1. The van der Waals surface area contributed by atoms with Crippen molar-refractivity contribution >= 4 is 29.0 Å². The molecule has 3 heterocycles. The lowest BCUT2D eigenvalue weighted by Crippen LogP contribution is -2.45. The van der Waals surface area contributed by atoms with Crippen molar-refractivity contribution in [2.75, 3.05) is 25.4 Å². The van der Waals surface area contributed by atoms with Gasteiger partial charge in [-0.2, -0.15) is 0 Å². The molecule has 1 aliphatic rings. The van der Waals surface area contributed by atoms with Gasteiger partial charge in [-0.25, -0.2) is 0 Å². The van der Waals surface area contributed by atoms with E-state index < -0.39 is 0 Å². The molecule has 0 radical (unpaired) electrons. The minimum atomic E-state index is 0.0793. The molecule has 0 bridgehead atoms. The van der Waals surface area contributed by atoms with Crippen LogP contribution in [0.1, 0.15) is 19.8 Å². The minimum absolute atomic E-state index is 0.0793. The third-order valence-corrected chi connectivity index (χ3v) is 6.19. The SMILES string of the molecule is CCN1CCC(NC(=O)CSc2nnc(-c3cccs3)n2C)CC1. The standard InChI is InChI=1S/C16H23N5OS2/c1-3-21-8-6-12(7-9-21)17-14(22)11-24-16-19-18-15(20(16)2)13-5-4-10-23-13/h4-5,10,12H,3,6-9,11H2,1-2H3,(H,17,22). The maximum Gasteiger partial charge on any atom is 0.230 e. The number of thiophene rings is 1. The smallest absolute Gasteiger partial charge is 0.230 e. The zero-order valence-corrected chi connectivity index (χ0v) is 15.7. The molecule has 0 unspecified atom stereocenters. The number of hydrogen-bond donors (Lipinski definition) is 1. The van der Waals surface area contributed by atoms with Crippen LogP contribution in [-0.4, -0.2) is 57.0 Å². The molecule has 0 spiro atoms. The van der Waals surface area contributed by atoms with Crippen molar-refractivity contribution in [1.29, 1.82) is 0 Å². The second-order valence-electron chi connectivity index (χ2n) is 5.91. The van der Waals surface area contributed by atoms with Gasteiger partial charge in [0, 0.05) is 26.2 Å². The Morgan fingerprint density at radius 1 is 1.42 bits per heavy atom. The van der Waals surface area contributed by atoms with Gasteiger partial charge in [0.05, 0.1) is 10.6 Å². The highest BCUT2D eigenvalue weighted by molar-refractivity contribution is 7.99. The number of aromatic nitrogens is 3. The predicted molar refractivity (Wildman–Crippen MR) is 98.3 cm³/mol. The van der Waals surface area contributed by atoms with E-state index in [9.17, 15) is 4.79 Å². The second kappa shape index (κ2) is 8.13. The number of piperidine rings is 1. The zero-order chi connectivity index (χ0) is 16.9. The van der Waals surface area contributed by atoms with Gasteiger partial charge >= 0.3 is 0 Å². The van der Waals surface area contributed by atoms with Crippen LogP contribution >= 0.6 is 23.1 Å². The highest BCUT2D eigenvalue weighted by atomic mass is 32.2. The number of nitrogens with zero attached hydrogens (tertiary/aromatic N) is 4. The summed E-state index contributed by atoms with van der Waals surface area (Å²) in [6.45, 7) is 5.42. The topological polar surface area (TPSA) is 63.1 Å². The Kier molecular flexibility index (Phi) is 5.91. The van der Waals surface area contributed by atoms with Gasteiger partial charge in [-0.15, -0.1) is 21.5 Å². The van der Waals surface area contributed by atoms with Gasteiger partial charge in [0.25, 0.3) is 0 Å². The molecule has 3 rings (SSSR count). The first kappa shape index (κ1) is 17.4. The van der Waals surface area contributed by atoms with Gasteiger partial charge in [0.2, 0.25) is 5.91 Å². The van der Waals surface area contributed by atoms with Crippen LogP contribution in [-0.2, 0) is 11.8 Å². The summed E-state index contributed by atoms with van der Waals surface area (Å²) >= 11 is 3.08. The molecule has 24 heavy (non-hydrogen) atoms. The summed E-state index contributed by atoms with van der Waals surface area (Å²) in [6, 6.07) is 4.33. The Morgan fingerprint density at radius 2 is 2.21 bits per heavy atom. The second-order valence-corrected chi connectivity index (χ2v) is 7.80. The third kappa shape index (κ3) is 4.17. The molecule has 0 atom stereocenters. The van der Waals surface area contributed by atoms with Crippen molar-refractivity contribution in [2.45, 2.75) is 31.0 Å². The fourth-order valence-corrected chi connectivity index (χ4v) is 4.32. The lowest BCUT2D eigenvalue weighted by molar-refractivity contribution is -0.119. The van der Waals surface area contributed by atoms with Gasteiger partial charge in [-0.1, -0.05) is 24.8 Å². The van der Waals surface area contributed by atoms with Crippen molar-refractivity contribution in [2.24, 2.45) is 7.05 Å². The molecule has 1 fully saturated rings. The van der Waals surface area contributed by atoms with E-state index in [0.29, 0.717) is 11.8 Å². The molecule has 1 N–H and O–H groups in total. The van der Waals surface area contributed by atoms with Crippen LogP contribution in [0.5, 0.6) is 0 Å². The van der Waals surface area contributed by atoms with Gasteiger partial charge < -0.3 is 14.8 Å². The molecule has 2 aromatic rings. The average Bonchev–Trinajstić information content (AvgIpc) is 3.23. The number of likely N-dealkylation sites (tertiary alicyclic amines) is 1. The van der Waals surface area contributed by atoms with Gasteiger partial charge in [-0.3, -0.25) is 4.79 Å². The van der Waals surface area contributed by atoms with Crippen LogP contribution in [0.3, 0.4) is 0 Å². The first-order chi connectivity index (χ1) is 11.7. The Balaban J connectivity index is 1.48. The van der Waals surface area contributed by atoms with Crippen LogP contribution in [0.25, 0.3) is 10.7 Å². The molecule has 0 aliphatic carbocycles. The van der Waals surface area contributed by atoms with Crippen LogP contribution < -0.4 is 5.32 Å². The fraction of sp³-hybridized carbons (Fsp3) is 0.562. The van der Waals surface area contributed by atoms with Crippen molar-refractivity contribution in [3.05, 3.63) is 17.5 Å². The van der Waals surface area contributed by atoms with E-state index in [4.69, 9.17) is 0 Å². The zero-order valence-electron chi connectivity index (χ0n) is 14.1. The number of carbonyl (C=O) groups excluding carboxylic acids is 1. The Morgan fingerprint density at radius 3 is 2.88 bits per heavy atom. The van der Waals surface area contributed by atoms with Crippen LogP contribution in [0.2, 0.25) is 0 Å². The number of nitrogens with one attached hydrogen (secondary N) is 1. The molecule has 1 amide bonds. The van der Waals surface area contributed by atoms with Crippen molar-refractivity contribution in [3.63, 3.8) is 0 Å². The maximum absolute atomic E-state index is 12.2. The summed E-state index contributed by atoms with van der Waals surface area (Å²) in [4.78, 5) is 15.7. The molecule has 6 nitrogen and oxygen atoms in total. The van der Waals surface area contributed by atoms with E-state index in [1.54, 1.807) is 11.3 Å². The van der Waals surface area contributed by atoms with E-state index in [0.717, 1.165) is 48.3 Å². The maximum atomic E-state index is 12.2. The molecular weight excluding hydrogens is 342 g/mol. The highest BCUT2D eigenvalue weighted by Crippen LogP contribution is 2.25. The van der Waals surface area contributed by atoms with Crippen molar-refractivity contribution in [1.82, 2.24) is 25.0 Å². The highest BCUT2D eigenvalue weighted by Gasteiger charge is 2.20. The molecule has 1 saturated heterocycles. The molecule has 2 aromatic heterocycles. The number of amides is 1. The molecule has 130 valence electrons. The van der Waals surface area contributed by atoms with E-state index in [2.05, 4.69) is 27.3 Å². The number of rotatable bonds is 6. The molecule has 1 aliphatic heterocycles. The summed E-state index contributed by atoms with van der Waals surface area (Å²) in [5.41, 5.74) is 0. The third-order valence-electron chi connectivity index (χ3n) is 4.31.